The largest absolute Gasteiger partial charge is 0.469 e. The Balaban J connectivity index is 1.66. The molecule has 1 N–H and O–H groups in total. The lowest BCUT2D eigenvalue weighted by molar-refractivity contribution is -0.199. The normalized spacial score (nSPS) is 43.5. The predicted molar refractivity (Wildman–Crippen MR) is 141 cm³/mol. The van der Waals surface area contributed by atoms with Crippen LogP contribution in [0.5, 0.6) is 0 Å². The standard InChI is InChI=1S/C31H46O7/c1-16(11-18(32)12-17(2)27(37)38-8)19-13-24(36)31(7)26-20(33)14-22-28(3,4)23(35)9-10-29(22,5)25(26)21(34)15-30(19,31)6/h16-17,19,22,24-26,36H,9-15H2,1-8H3/t16-,17-,19-,22+,24+,25+,26-,29+,30-,31+/m1/s1. The molecule has 4 fully saturated rings. The van der Waals surface area contributed by atoms with Crippen LogP contribution in [0.3, 0.4) is 0 Å². The van der Waals surface area contributed by atoms with Gasteiger partial charge in [-0.05, 0) is 41.4 Å². The van der Waals surface area contributed by atoms with Crippen LogP contribution < -0.4 is 0 Å². The maximum absolute atomic E-state index is 14.1. The third kappa shape index (κ3) is 3.88. The van der Waals surface area contributed by atoms with E-state index in [0.29, 0.717) is 19.3 Å². The van der Waals surface area contributed by atoms with E-state index in [1.807, 2.05) is 34.6 Å². The summed E-state index contributed by atoms with van der Waals surface area (Å²) in [7, 11) is 1.31. The predicted octanol–water partition coefficient (Wildman–Crippen LogP) is 4.36. The highest BCUT2D eigenvalue weighted by Gasteiger charge is 2.74. The van der Waals surface area contributed by atoms with Crippen LogP contribution in [-0.2, 0) is 28.7 Å². The summed E-state index contributed by atoms with van der Waals surface area (Å²) in [5.41, 5.74) is -2.58. The highest BCUT2D eigenvalue weighted by atomic mass is 16.5. The van der Waals surface area contributed by atoms with Crippen molar-refractivity contribution in [3.63, 3.8) is 0 Å². The first-order valence-corrected chi connectivity index (χ1v) is 14.3. The molecule has 0 aliphatic heterocycles. The second kappa shape index (κ2) is 9.35. The van der Waals surface area contributed by atoms with E-state index in [0.717, 1.165) is 0 Å². The minimum absolute atomic E-state index is 0.00245. The number of hydrogen-bond acceptors (Lipinski definition) is 7. The number of methoxy groups -OCH3 is 1. The van der Waals surface area contributed by atoms with Crippen molar-refractivity contribution in [1.29, 1.82) is 0 Å². The molecule has 0 aromatic heterocycles. The third-order valence-electron chi connectivity index (χ3n) is 12.2. The Morgan fingerprint density at radius 3 is 2.24 bits per heavy atom. The van der Waals surface area contributed by atoms with E-state index in [4.69, 9.17) is 4.74 Å². The number of aliphatic hydroxyl groups excluding tert-OH is 1. The molecular formula is C31H46O7. The van der Waals surface area contributed by atoms with Crippen molar-refractivity contribution in [3.8, 4) is 0 Å². The smallest absolute Gasteiger partial charge is 0.308 e. The van der Waals surface area contributed by atoms with Crippen LogP contribution in [0.4, 0.5) is 0 Å². The van der Waals surface area contributed by atoms with Gasteiger partial charge in [0.05, 0.1) is 19.1 Å². The highest BCUT2D eigenvalue weighted by molar-refractivity contribution is 5.96. The summed E-state index contributed by atoms with van der Waals surface area (Å²) in [6, 6.07) is 0. The summed E-state index contributed by atoms with van der Waals surface area (Å²) in [6.07, 6.45) is 1.52. The van der Waals surface area contributed by atoms with Crippen LogP contribution >= 0.6 is 0 Å². The lowest BCUT2D eigenvalue weighted by Crippen LogP contribution is -2.68. The van der Waals surface area contributed by atoms with Gasteiger partial charge in [-0.1, -0.05) is 48.5 Å². The average Bonchev–Trinajstić information content (AvgIpc) is 3.03. The van der Waals surface area contributed by atoms with Crippen molar-refractivity contribution in [3.05, 3.63) is 0 Å². The number of carbonyl (C=O) groups excluding carboxylic acids is 5. The number of ether oxygens (including phenoxy) is 1. The molecule has 0 saturated heterocycles. The Hall–Kier alpha value is -1.89. The molecule has 7 heteroatoms. The monoisotopic (exact) mass is 530 g/mol. The quantitative estimate of drug-likeness (QED) is 0.507. The highest BCUT2D eigenvalue weighted by Crippen LogP contribution is 2.73. The molecule has 0 radical (unpaired) electrons. The van der Waals surface area contributed by atoms with Gasteiger partial charge in [-0.3, -0.25) is 24.0 Å². The van der Waals surface area contributed by atoms with E-state index in [1.54, 1.807) is 6.92 Å². The first kappa shape index (κ1) is 29.1. The number of fused-ring (bicyclic) bond motifs is 5. The third-order valence-corrected chi connectivity index (χ3v) is 12.2. The Morgan fingerprint density at radius 1 is 1.00 bits per heavy atom. The summed E-state index contributed by atoms with van der Waals surface area (Å²) < 4.78 is 4.76. The first-order valence-electron chi connectivity index (χ1n) is 14.3. The van der Waals surface area contributed by atoms with Crippen LogP contribution in [0.25, 0.3) is 0 Å². The molecule has 4 aliphatic rings. The number of Topliss-reactive ketones (excluding diaryl/α,β-unsaturated/α-hetero) is 4. The zero-order valence-corrected chi connectivity index (χ0v) is 24.4. The van der Waals surface area contributed by atoms with Gasteiger partial charge in [-0.25, -0.2) is 0 Å². The van der Waals surface area contributed by atoms with Gasteiger partial charge in [-0.2, -0.15) is 0 Å². The summed E-state index contributed by atoms with van der Waals surface area (Å²) >= 11 is 0. The van der Waals surface area contributed by atoms with Gasteiger partial charge in [0.2, 0.25) is 0 Å². The molecule has 38 heavy (non-hydrogen) atoms. The average molecular weight is 531 g/mol. The SMILES string of the molecule is COC(=O)[C@H](C)CC(=O)C[C@@H](C)[C@H]1C[C@H](O)[C@@]2(C)[C@@H]3C(=O)C[C@H]4C(C)(C)C(=O)CC[C@]4(C)[C@H]3C(=O)C[C@]12C. The van der Waals surface area contributed by atoms with Gasteiger partial charge in [0.25, 0.3) is 0 Å². The fourth-order valence-corrected chi connectivity index (χ4v) is 9.84. The molecule has 7 nitrogen and oxygen atoms in total. The zero-order chi connectivity index (χ0) is 28.6. The molecule has 4 aliphatic carbocycles. The Bertz CT molecular complexity index is 1060. The van der Waals surface area contributed by atoms with Crippen LogP contribution in [0, 0.1) is 57.2 Å². The first-order chi connectivity index (χ1) is 17.5. The second-order valence-electron chi connectivity index (χ2n) is 14.4. The lowest BCUT2D eigenvalue weighted by Gasteiger charge is -2.65. The minimum Gasteiger partial charge on any atom is -0.469 e. The van der Waals surface area contributed by atoms with E-state index in [2.05, 4.69) is 6.92 Å². The molecule has 0 bridgehead atoms. The van der Waals surface area contributed by atoms with E-state index in [-0.39, 0.29) is 66.6 Å². The van der Waals surface area contributed by atoms with Crippen LogP contribution in [0.2, 0.25) is 0 Å². The van der Waals surface area contributed by atoms with Crippen molar-refractivity contribution < 1.29 is 33.8 Å². The number of rotatable bonds is 6. The Kier molecular flexibility index (Phi) is 7.16. The zero-order valence-electron chi connectivity index (χ0n) is 24.4. The second-order valence-corrected chi connectivity index (χ2v) is 14.4. The van der Waals surface area contributed by atoms with E-state index in [9.17, 15) is 29.1 Å². The van der Waals surface area contributed by atoms with Gasteiger partial charge < -0.3 is 9.84 Å². The number of ketones is 4. The molecule has 0 heterocycles. The number of esters is 1. The topological polar surface area (TPSA) is 115 Å². The molecule has 0 aromatic carbocycles. The van der Waals surface area contributed by atoms with Crippen molar-refractivity contribution in [2.75, 3.05) is 7.11 Å². The van der Waals surface area contributed by atoms with Crippen LogP contribution in [0.1, 0.15) is 93.4 Å². The fourth-order valence-electron chi connectivity index (χ4n) is 9.84. The van der Waals surface area contributed by atoms with Crippen molar-refractivity contribution in [2.24, 2.45) is 57.2 Å². The van der Waals surface area contributed by atoms with Crippen LogP contribution in [0.15, 0.2) is 0 Å². The minimum atomic E-state index is -0.802. The molecular weight excluding hydrogens is 484 g/mol. The maximum Gasteiger partial charge on any atom is 0.308 e. The van der Waals surface area contributed by atoms with Gasteiger partial charge >= 0.3 is 5.97 Å². The van der Waals surface area contributed by atoms with Gasteiger partial charge in [0, 0.05) is 54.8 Å². The van der Waals surface area contributed by atoms with E-state index in [1.165, 1.54) is 7.11 Å². The van der Waals surface area contributed by atoms with Crippen LogP contribution in [-0.4, -0.2) is 47.4 Å². The molecule has 4 rings (SSSR count). The Labute approximate surface area is 226 Å². The number of carbonyl (C=O) groups is 5. The molecule has 0 amide bonds. The summed E-state index contributed by atoms with van der Waals surface area (Å²) in [5, 5.41) is 11.7. The van der Waals surface area contributed by atoms with Gasteiger partial charge in [0.1, 0.15) is 23.1 Å². The fraction of sp³-hybridized carbons (Fsp3) is 0.839. The molecule has 212 valence electrons. The van der Waals surface area contributed by atoms with Gasteiger partial charge in [0.15, 0.2) is 0 Å². The lowest BCUT2D eigenvalue weighted by atomic mass is 9.37. The molecule has 0 aromatic rings. The molecule has 4 saturated carbocycles. The maximum atomic E-state index is 14.1. The van der Waals surface area contributed by atoms with Gasteiger partial charge in [-0.15, -0.1) is 0 Å². The molecule has 10 atom stereocenters. The van der Waals surface area contributed by atoms with E-state index < -0.39 is 51.5 Å². The summed E-state index contributed by atoms with van der Waals surface area (Å²) in [6.45, 7) is 13.6. The van der Waals surface area contributed by atoms with Crippen molar-refractivity contribution >= 4 is 29.1 Å². The number of hydrogen-bond donors (Lipinski definition) is 1. The summed E-state index contributed by atoms with van der Waals surface area (Å²) in [4.78, 5) is 65.7. The summed E-state index contributed by atoms with van der Waals surface area (Å²) in [5.74, 6) is -2.29. The van der Waals surface area contributed by atoms with Crippen molar-refractivity contribution in [1.82, 2.24) is 0 Å². The van der Waals surface area contributed by atoms with E-state index >= 15 is 0 Å². The number of aliphatic hydroxyl groups is 1. The Morgan fingerprint density at radius 2 is 1.63 bits per heavy atom. The molecule has 0 unspecified atom stereocenters. The van der Waals surface area contributed by atoms with Crippen molar-refractivity contribution in [2.45, 2.75) is 99.5 Å². The molecule has 0 spiro atoms.